The number of amides is 1. The van der Waals surface area contributed by atoms with Gasteiger partial charge in [0.2, 0.25) is 5.91 Å². The van der Waals surface area contributed by atoms with Crippen LogP contribution < -0.4 is 10.5 Å². The van der Waals surface area contributed by atoms with Gasteiger partial charge in [-0.1, -0.05) is 24.3 Å². The molecule has 1 unspecified atom stereocenters. The summed E-state index contributed by atoms with van der Waals surface area (Å²) in [7, 11) is 0. The number of nitrogens with two attached hydrogens (primary N) is 1. The first kappa shape index (κ1) is 23.8. The number of carbonyl (C=O) groups excluding carboxylic acids is 1. The van der Waals surface area contributed by atoms with Crippen molar-refractivity contribution in [3.8, 4) is 16.9 Å². The molecule has 0 saturated heterocycles. The molecule has 0 aliphatic carbocycles. The molecule has 184 valence electrons. The number of hydrogen-bond donors (Lipinski definition) is 2. The van der Waals surface area contributed by atoms with Gasteiger partial charge in [0.15, 0.2) is 6.10 Å². The maximum Gasteiger partial charge on any atom is 0.337 e. The summed E-state index contributed by atoms with van der Waals surface area (Å²) in [4.78, 5) is 30.1. The number of primary amides is 1. The van der Waals surface area contributed by atoms with Gasteiger partial charge in [0.25, 0.3) is 0 Å². The van der Waals surface area contributed by atoms with Crippen molar-refractivity contribution >= 4 is 33.6 Å². The summed E-state index contributed by atoms with van der Waals surface area (Å²) in [6, 6.07) is 13.2. The molecule has 3 aromatic carbocycles. The summed E-state index contributed by atoms with van der Waals surface area (Å²) in [6.45, 7) is 7.72. The average Bonchev–Trinajstić information content (AvgIpc) is 2.82. The highest BCUT2D eigenvalue weighted by Gasteiger charge is 2.34. The van der Waals surface area contributed by atoms with E-state index in [4.69, 9.17) is 20.2 Å². The van der Waals surface area contributed by atoms with Crippen molar-refractivity contribution in [2.24, 2.45) is 5.73 Å². The van der Waals surface area contributed by atoms with Crippen LogP contribution >= 0.6 is 0 Å². The second kappa shape index (κ2) is 8.60. The Labute approximate surface area is 208 Å². The lowest BCUT2D eigenvalue weighted by Gasteiger charge is -2.30. The smallest absolute Gasteiger partial charge is 0.337 e. The molecule has 2 heterocycles. The van der Waals surface area contributed by atoms with Crippen LogP contribution in [0.4, 0.5) is 0 Å². The van der Waals surface area contributed by atoms with E-state index >= 15 is 0 Å². The third kappa shape index (κ3) is 3.85. The zero-order valence-corrected chi connectivity index (χ0v) is 20.7. The number of hydrogen-bond acceptors (Lipinski definition) is 5. The highest BCUT2D eigenvalue weighted by molar-refractivity contribution is 6.15. The van der Waals surface area contributed by atoms with Gasteiger partial charge >= 0.3 is 5.97 Å². The molecule has 3 N–H and O–H groups in total. The van der Waals surface area contributed by atoms with Gasteiger partial charge in [0.1, 0.15) is 5.75 Å². The van der Waals surface area contributed by atoms with Gasteiger partial charge in [0, 0.05) is 29.1 Å². The number of carboxylic acid groups (broad SMARTS) is 1. The van der Waals surface area contributed by atoms with Crippen LogP contribution in [0.25, 0.3) is 32.8 Å². The van der Waals surface area contributed by atoms with Crippen molar-refractivity contribution in [3.63, 3.8) is 0 Å². The number of carboxylic acids is 1. The van der Waals surface area contributed by atoms with E-state index < -0.39 is 23.6 Å². The van der Waals surface area contributed by atoms with Crippen LogP contribution in [-0.4, -0.2) is 34.2 Å². The second-order valence-electron chi connectivity index (χ2n) is 10.1. The monoisotopic (exact) mass is 484 g/mol. The molecule has 0 bridgehead atoms. The Balaban J connectivity index is 1.98. The predicted molar refractivity (Wildman–Crippen MR) is 138 cm³/mol. The largest absolute Gasteiger partial charge is 0.493 e. The van der Waals surface area contributed by atoms with Gasteiger partial charge in [-0.2, -0.15) is 0 Å². The van der Waals surface area contributed by atoms with Crippen LogP contribution in [0.3, 0.4) is 0 Å². The molecule has 7 heteroatoms. The highest BCUT2D eigenvalue weighted by Crippen LogP contribution is 2.46. The van der Waals surface area contributed by atoms with Crippen molar-refractivity contribution in [2.45, 2.75) is 45.8 Å². The molecule has 5 rings (SSSR count). The number of benzene rings is 3. The zero-order valence-electron chi connectivity index (χ0n) is 20.7. The molecular formula is C29H28N2O5. The van der Waals surface area contributed by atoms with Gasteiger partial charge in [-0.25, -0.2) is 4.79 Å². The summed E-state index contributed by atoms with van der Waals surface area (Å²) in [6.07, 6.45) is 1.18. The molecule has 4 aromatic rings. The van der Waals surface area contributed by atoms with E-state index in [1.807, 2.05) is 42.5 Å². The van der Waals surface area contributed by atoms with Gasteiger partial charge in [0.05, 0.1) is 23.3 Å². The van der Waals surface area contributed by atoms with Crippen LogP contribution in [0.5, 0.6) is 5.75 Å². The fourth-order valence-corrected chi connectivity index (χ4v) is 5.21. The Kier molecular flexibility index (Phi) is 5.68. The number of carbonyl (C=O) groups is 2. The Morgan fingerprint density at radius 2 is 1.83 bits per heavy atom. The van der Waals surface area contributed by atoms with E-state index in [-0.39, 0.29) is 5.56 Å². The van der Waals surface area contributed by atoms with Crippen LogP contribution in [0, 0.1) is 6.92 Å². The van der Waals surface area contributed by atoms with Crippen molar-refractivity contribution < 1.29 is 24.2 Å². The molecule has 0 saturated carbocycles. The summed E-state index contributed by atoms with van der Waals surface area (Å²) >= 11 is 0. The number of ether oxygens (including phenoxy) is 2. The molecule has 1 amide bonds. The molecule has 0 fully saturated rings. The minimum atomic E-state index is -1.34. The molecule has 1 aromatic heterocycles. The standard InChI is InChI=1S/C29H28N2O5/c1-15-21(27(30)32)17-7-5-6-8-18(17)24(22(15)26(28(33)34)36-29(2,3)4)19-9-10-20-23-16(12-14-35-20)11-13-31-25(19)23/h5-11,13,26H,12,14H2,1-4H3,(H2,30,32)(H,33,34). The second-order valence-corrected chi connectivity index (χ2v) is 10.1. The van der Waals surface area contributed by atoms with E-state index in [9.17, 15) is 14.7 Å². The Morgan fingerprint density at radius 1 is 1.11 bits per heavy atom. The molecular weight excluding hydrogens is 456 g/mol. The first-order valence-electron chi connectivity index (χ1n) is 11.9. The number of aliphatic carboxylic acids is 1. The van der Waals surface area contributed by atoms with E-state index in [0.717, 1.165) is 28.7 Å². The maximum absolute atomic E-state index is 12.7. The Bertz CT molecular complexity index is 1540. The lowest BCUT2D eigenvalue weighted by Crippen LogP contribution is -2.29. The first-order valence-corrected chi connectivity index (χ1v) is 11.9. The number of nitrogens with zero attached hydrogens (tertiary/aromatic N) is 1. The van der Waals surface area contributed by atoms with Crippen LogP contribution in [0.1, 0.15) is 53.9 Å². The predicted octanol–water partition coefficient (Wildman–Crippen LogP) is 5.34. The van der Waals surface area contributed by atoms with Gasteiger partial charge in [-0.05, 0) is 73.4 Å². The third-order valence-corrected chi connectivity index (χ3v) is 6.56. The van der Waals surface area contributed by atoms with Gasteiger partial charge in [-0.15, -0.1) is 0 Å². The molecule has 1 atom stereocenters. The van der Waals surface area contributed by atoms with E-state index in [1.165, 1.54) is 0 Å². The van der Waals surface area contributed by atoms with Crippen molar-refractivity contribution in [1.82, 2.24) is 4.98 Å². The SMILES string of the molecule is Cc1c(C(OC(C)(C)C)C(=O)O)c(-c2ccc3c4c(ccnc24)CCO3)c2ccccc2c1C(N)=O. The number of fused-ring (bicyclic) bond motifs is 1. The maximum atomic E-state index is 12.7. The van der Waals surface area contributed by atoms with Crippen LogP contribution in [-0.2, 0) is 16.0 Å². The van der Waals surface area contributed by atoms with E-state index in [2.05, 4.69) is 0 Å². The molecule has 36 heavy (non-hydrogen) atoms. The lowest BCUT2D eigenvalue weighted by molar-refractivity contribution is -0.160. The fourth-order valence-electron chi connectivity index (χ4n) is 5.21. The zero-order chi connectivity index (χ0) is 25.8. The van der Waals surface area contributed by atoms with Crippen LogP contribution in [0.15, 0.2) is 48.7 Å². The van der Waals surface area contributed by atoms with E-state index in [1.54, 1.807) is 33.9 Å². The lowest BCUT2D eigenvalue weighted by atomic mass is 9.82. The Morgan fingerprint density at radius 3 is 2.50 bits per heavy atom. The highest BCUT2D eigenvalue weighted by atomic mass is 16.5. The number of rotatable bonds is 5. The number of aromatic nitrogens is 1. The van der Waals surface area contributed by atoms with E-state index in [0.29, 0.717) is 39.6 Å². The third-order valence-electron chi connectivity index (χ3n) is 6.56. The quantitative estimate of drug-likeness (QED) is 0.396. The number of pyridine rings is 1. The van der Waals surface area contributed by atoms with Gasteiger partial charge < -0.3 is 20.3 Å². The van der Waals surface area contributed by atoms with Crippen molar-refractivity contribution in [3.05, 3.63) is 70.9 Å². The summed E-state index contributed by atoms with van der Waals surface area (Å²) < 4.78 is 12.0. The van der Waals surface area contributed by atoms with Crippen molar-refractivity contribution in [1.29, 1.82) is 0 Å². The topological polar surface area (TPSA) is 112 Å². The van der Waals surface area contributed by atoms with Gasteiger partial charge in [-0.3, -0.25) is 9.78 Å². The molecule has 1 aliphatic rings. The minimum Gasteiger partial charge on any atom is -0.493 e. The Hall–Kier alpha value is -3.97. The summed E-state index contributed by atoms with van der Waals surface area (Å²) in [5.74, 6) is -1.03. The molecule has 1 aliphatic heterocycles. The molecule has 0 spiro atoms. The summed E-state index contributed by atoms with van der Waals surface area (Å²) in [5, 5.41) is 12.6. The van der Waals surface area contributed by atoms with Crippen LogP contribution in [0.2, 0.25) is 0 Å². The fraction of sp³-hybridized carbons (Fsp3) is 0.276. The summed E-state index contributed by atoms with van der Waals surface area (Å²) in [5.41, 5.74) is 9.47. The molecule has 0 radical (unpaired) electrons. The normalized spacial score (nSPS) is 14.0. The minimum absolute atomic E-state index is 0.284. The first-order chi connectivity index (χ1) is 17.1. The average molecular weight is 485 g/mol. The molecule has 7 nitrogen and oxygen atoms in total. The van der Waals surface area contributed by atoms with Crippen molar-refractivity contribution in [2.75, 3.05) is 6.61 Å².